The molecule has 0 aromatic rings. The number of esters is 1. The molecule has 1 saturated carbocycles. The van der Waals surface area contributed by atoms with Crippen LogP contribution in [0.15, 0.2) is 12.7 Å². The number of fused-ring (bicyclic) bond motifs is 2. The fourth-order valence-electron chi connectivity index (χ4n) is 2.13. The molecular formula is C9H13NO2. The van der Waals surface area contributed by atoms with Gasteiger partial charge in [0.2, 0.25) is 0 Å². The number of ether oxygens (including phenoxy) is 1. The summed E-state index contributed by atoms with van der Waals surface area (Å²) in [5.41, 5.74) is 0. The fraction of sp³-hybridized carbons (Fsp3) is 0.667. The van der Waals surface area contributed by atoms with Gasteiger partial charge in [0.05, 0.1) is 0 Å². The number of hydrogen-bond acceptors (Lipinski definition) is 3. The lowest BCUT2D eigenvalue weighted by Crippen LogP contribution is -2.39. The Kier molecular flexibility index (Phi) is 1.89. The van der Waals surface area contributed by atoms with Crippen molar-refractivity contribution in [3.63, 3.8) is 0 Å². The van der Waals surface area contributed by atoms with Crippen LogP contribution in [-0.2, 0) is 9.53 Å². The van der Waals surface area contributed by atoms with Crippen molar-refractivity contribution < 1.29 is 9.53 Å². The number of rotatable bonds is 2. The largest absolute Gasteiger partial charge is 0.458 e. The summed E-state index contributed by atoms with van der Waals surface area (Å²) in [6.07, 6.45) is 3.51. The molecule has 3 nitrogen and oxygen atoms in total. The molecule has 3 unspecified atom stereocenters. The molecule has 2 aliphatic rings. The van der Waals surface area contributed by atoms with Crippen molar-refractivity contribution in [2.45, 2.75) is 25.0 Å². The third kappa shape index (κ3) is 1.25. The molecule has 12 heavy (non-hydrogen) atoms. The second-order valence-corrected chi connectivity index (χ2v) is 3.53. The number of carbonyl (C=O) groups is 1. The third-order valence-corrected chi connectivity index (χ3v) is 2.70. The minimum atomic E-state index is -0.297. The second-order valence-electron chi connectivity index (χ2n) is 3.53. The van der Waals surface area contributed by atoms with E-state index in [1.54, 1.807) is 0 Å². The van der Waals surface area contributed by atoms with Crippen molar-refractivity contribution in [3.05, 3.63) is 12.7 Å². The Morgan fingerprint density at radius 1 is 1.58 bits per heavy atom. The minimum absolute atomic E-state index is 0.0919. The summed E-state index contributed by atoms with van der Waals surface area (Å²) in [7, 11) is 0. The van der Waals surface area contributed by atoms with E-state index in [-0.39, 0.29) is 12.1 Å². The smallest absolute Gasteiger partial charge is 0.330 e. The lowest BCUT2D eigenvalue weighted by molar-refractivity contribution is -0.144. The molecule has 2 fully saturated rings. The number of carbonyl (C=O) groups excluding carboxylic acids is 1. The average molecular weight is 167 g/mol. The Hall–Kier alpha value is -0.830. The van der Waals surface area contributed by atoms with Crippen LogP contribution in [0.5, 0.6) is 0 Å². The van der Waals surface area contributed by atoms with Gasteiger partial charge >= 0.3 is 5.97 Å². The lowest BCUT2D eigenvalue weighted by atomic mass is 10.1. The van der Waals surface area contributed by atoms with Crippen LogP contribution in [0.25, 0.3) is 0 Å². The summed E-state index contributed by atoms with van der Waals surface area (Å²) in [6.45, 7) is 4.46. The first-order chi connectivity index (χ1) is 5.79. The van der Waals surface area contributed by atoms with Gasteiger partial charge in [-0.05, 0) is 25.3 Å². The maximum absolute atomic E-state index is 10.9. The molecule has 3 atom stereocenters. The summed E-state index contributed by atoms with van der Waals surface area (Å²) in [6, 6.07) is 0.402. The lowest BCUT2D eigenvalue weighted by Gasteiger charge is -2.22. The van der Waals surface area contributed by atoms with Crippen LogP contribution < -0.4 is 5.32 Å². The Morgan fingerprint density at radius 3 is 2.92 bits per heavy atom. The van der Waals surface area contributed by atoms with Crippen LogP contribution in [0, 0.1) is 5.92 Å². The molecule has 0 radical (unpaired) electrons. The molecule has 1 aliphatic heterocycles. The summed E-state index contributed by atoms with van der Waals surface area (Å²) in [5.74, 6) is 0.423. The molecule has 1 aliphatic carbocycles. The Morgan fingerprint density at radius 2 is 2.42 bits per heavy atom. The second kappa shape index (κ2) is 2.90. The SMILES string of the molecule is C=CC(=O)OC1CC2CNC1C2. The van der Waals surface area contributed by atoms with Crippen molar-refractivity contribution in [2.24, 2.45) is 5.92 Å². The number of hydrogen-bond donors (Lipinski definition) is 1. The van der Waals surface area contributed by atoms with E-state index in [2.05, 4.69) is 11.9 Å². The van der Waals surface area contributed by atoms with Crippen molar-refractivity contribution in [2.75, 3.05) is 6.54 Å². The Bertz CT molecular complexity index is 215. The monoisotopic (exact) mass is 167 g/mol. The van der Waals surface area contributed by atoms with E-state index in [1.165, 1.54) is 6.08 Å². The predicted octanol–water partition coefficient (Wildman–Crippen LogP) is 0.466. The van der Waals surface area contributed by atoms with Crippen molar-refractivity contribution in [3.8, 4) is 0 Å². The quantitative estimate of drug-likeness (QED) is 0.480. The molecule has 2 rings (SSSR count). The summed E-state index contributed by atoms with van der Waals surface area (Å²) in [5, 5.41) is 3.32. The minimum Gasteiger partial charge on any atom is -0.458 e. The maximum atomic E-state index is 10.9. The van der Waals surface area contributed by atoms with Crippen LogP contribution in [0.2, 0.25) is 0 Å². The zero-order valence-electron chi connectivity index (χ0n) is 6.95. The van der Waals surface area contributed by atoms with Crippen molar-refractivity contribution in [1.82, 2.24) is 5.32 Å². The molecule has 1 heterocycles. The van der Waals surface area contributed by atoms with Gasteiger partial charge in [0.15, 0.2) is 0 Å². The van der Waals surface area contributed by atoms with Gasteiger partial charge in [-0.25, -0.2) is 4.79 Å². The Labute approximate surface area is 71.8 Å². The molecule has 0 amide bonds. The van der Waals surface area contributed by atoms with Gasteiger partial charge in [0.1, 0.15) is 6.10 Å². The summed E-state index contributed by atoms with van der Waals surface area (Å²) in [4.78, 5) is 10.9. The number of piperidine rings is 1. The molecule has 0 aromatic carbocycles. The highest BCUT2D eigenvalue weighted by Gasteiger charge is 2.41. The molecule has 1 saturated heterocycles. The molecule has 1 N–H and O–H groups in total. The highest BCUT2D eigenvalue weighted by atomic mass is 16.5. The topological polar surface area (TPSA) is 38.3 Å². The van der Waals surface area contributed by atoms with Crippen LogP contribution in [0.3, 0.4) is 0 Å². The summed E-state index contributed by atoms with van der Waals surface area (Å²) < 4.78 is 5.17. The van der Waals surface area contributed by atoms with E-state index in [0.717, 1.165) is 25.3 Å². The molecular weight excluding hydrogens is 154 g/mol. The van der Waals surface area contributed by atoms with Gasteiger partial charge in [0.25, 0.3) is 0 Å². The first-order valence-electron chi connectivity index (χ1n) is 4.36. The van der Waals surface area contributed by atoms with E-state index in [9.17, 15) is 4.79 Å². The first-order valence-corrected chi connectivity index (χ1v) is 4.36. The highest BCUT2D eigenvalue weighted by molar-refractivity contribution is 5.81. The predicted molar refractivity (Wildman–Crippen MR) is 44.6 cm³/mol. The average Bonchev–Trinajstić information content (AvgIpc) is 2.64. The molecule has 66 valence electrons. The van der Waals surface area contributed by atoms with E-state index >= 15 is 0 Å². The Balaban J connectivity index is 1.90. The maximum Gasteiger partial charge on any atom is 0.330 e. The van der Waals surface area contributed by atoms with Crippen LogP contribution in [-0.4, -0.2) is 24.7 Å². The van der Waals surface area contributed by atoms with Crippen LogP contribution in [0.1, 0.15) is 12.8 Å². The van der Waals surface area contributed by atoms with Gasteiger partial charge in [0, 0.05) is 12.1 Å². The van der Waals surface area contributed by atoms with Gasteiger partial charge in [-0.1, -0.05) is 6.58 Å². The van der Waals surface area contributed by atoms with E-state index in [0.29, 0.717) is 6.04 Å². The third-order valence-electron chi connectivity index (χ3n) is 2.70. The number of nitrogens with one attached hydrogen (secondary N) is 1. The first kappa shape index (κ1) is 7.80. The normalized spacial score (nSPS) is 38.2. The van der Waals surface area contributed by atoms with Gasteiger partial charge in [-0.15, -0.1) is 0 Å². The van der Waals surface area contributed by atoms with E-state index in [1.807, 2.05) is 0 Å². The molecule has 0 aromatic heterocycles. The zero-order valence-corrected chi connectivity index (χ0v) is 6.95. The molecule has 2 bridgehead atoms. The van der Waals surface area contributed by atoms with Gasteiger partial charge < -0.3 is 10.1 Å². The van der Waals surface area contributed by atoms with Crippen LogP contribution >= 0.6 is 0 Å². The molecule has 0 spiro atoms. The van der Waals surface area contributed by atoms with Crippen molar-refractivity contribution in [1.29, 1.82) is 0 Å². The zero-order chi connectivity index (χ0) is 8.55. The molecule has 3 heteroatoms. The fourth-order valence-corrected chi connectivity index (χ4v) is 2.13. The van der Waals surface area contributed by atoms with E-state index < -0.39 is 0 Å². The van der Waals surface area contributed by atoms with Gasteiger partial charge in [-0.2, -0.15) is 0 Å². The standard InChI is InChI=1S/C9H13NO2/c1-2-9(11)12-8-4-6-3-7(8)10-5-6/h2,6-8,10H,1,3-5H2. The summed E-state index contributed by atoms with van der Waals surface area (Å²) >= 11 is 0. The highest BCUT2D eigenvalue weighted by Crippen LogP contribution is 2.33. The van der Waals surface area contributed by atoms with Gasteiger partial charge in [-0.3, -0.25) is 0 Å². The van der Waals surface area contributed by atoms with Crippen molar-refractivity contribution >= 4 is 5.97 Å². The van der Waals surface area contributed by atoms with Crippen LogP contribution in [0.4, 0.5) is 0 Å². The van der Waals surface area contributed by atoms with E-state index in [4.69, 9.17) is 4.74 Å².